The highest BCUT2D eigenvalue weighted by Crippen LogP contribution is 2.24. The van der Waals surface area contributed by atoms with Gasteiger partial charge in [-0.1, -0.05) is 18.2 Å². The molecule has 1 amide bonds. The van der Waals surface area contributed by atoms with Crippen LogP contribution in [-0.4, -0.2) is 48.1 Å². The second-order valence-corrected chi connectivity index (χ2v) is 5.50. The first kappa shape index (κ1) is 16.3. The zero-order valence-corrected chi connectivity index (χ0v) is 12.9. The van der Waals surface area contributed by atoms with E-state index in [2.05, 4.69) is 5.32 Å². The number of carbonyl (C=O) groups is 2. The second kappa shape index (κ2) is 7.26. The lowest BCUT2D eigenvalue weighted by Gasteiger charge is -2.22. The first-order valence-electron chi connectivity index (χ1n) is 7.42. The Morgan fingerprint density at radius 1 is 1.45 bits per heavy atom. The van der Waals surface area contributed by atoms with Gasteiger partial charge in [-0.05, 0) is 32.4 Å². The lowest BCUT2D eigenvalue weighted by atomic mass is 10.1. The molecular weight excluding hydrogens is 284 g/mol. The lowest BCUT2D eigenvalue weighted by molar-refractivity contribution is -0.142. The Morgan fingerprint density at radius 2 is 2.18 bits per heavy atom. The van der Waals surface area contributed by atoms with Crippen molar-refractivity contribution in [2.75, 3.05) is 20.2 Å². The molecule has 1 aliphatic rings. The molecular formula is C16H22N2O4. The smallest absolute Gasteiger partial charge is 0.320 e. The first-order valence-corrected chi connectivity index (χ1v) is 7.42. The molecule has 0 bridgehead atoms. The minimum atomic E-state index is -0.858. The summed E-state index contributed by atoms with van der Waals surface area (Å²) in [6, 6.07) is 6.76. The second-order valence-electron chi connectivity index (χ2n) is 5.50. The Bertz CT molecular complexity index is 547. The molecule has 6 heteroatoms. The molecule has 1 aromatic rings. The van der Waals surface area contributed by atoms with Crippen molar-refractivity contribution in [2.24, 2.45) is 0 Å². The van der Waals surface area contributed by atoms with E-state index in [0.717, 1.165) is 17.7 Å². The zero-order chi connectivity index (χ0) is 16.1. The largest absolute Gasteiger partial charge is 0.496 e. The molecule has 2 atom stereocenters. The number of hydrogen-bond acceptors (Lipinski definition) is 4. The van der Waals surface area contributed by atoms with E-state index in [1.165, 1.54) is 0 Å². The summed E-state index contributed by atoms with van der Waals surface area (Å²) in [5, 5.41) is 12.0. The van der Waals surface area contributed by atoms with Crippen LogP contribution >= 0.6 is 0 Å². The highest BCUT2D eigenvalue weighted by Gasteiger charge is 2.31. The average molecular weight is 306 g/mol. The van der Waals surface area contributed by atoms with Crippen LogP contribution in [0.4, 0.5) is 0 Å². The summed E-state index contributed by atoms with van der Waals surface area (Å²) in [6.07, 6.45) is 1.41. The maximum atomic E-state index is 12.2. The van der Waals surface area contributed by atoms with Crippen LogP contribution in [0, 0.1) is 0 Å². The van der Waals surface area contributed by atoms with Crippen LogP contribution in [-0.2, 0) is 9.59 Å². The van der Waals surface area contributed by atoms with Crippen molar-refractivity contribution in [1.82, 2.24) is 10.2 Å². The topological polar surface area (TPSA) is 78.9 Å². The van der Waals surface area contributed by atoms with Gasteiger partial charge in [0.2, 0.25) is 5.91 Å². The van der Waals surface area contributed by atoms with Crippen molar-refractivity contribution in [3.63, 3.8) is 0 Å². The molecule has 0 radical (unpaired) electrons. The summed E-state index contributed by atoms with van der Waals surface area (Å²) in [5.41, 5.74) is 0.898. The molecule has 22 heavy (non-hydrogen) atoms. The minimum absolute atomic E-state index is 0.108. The SMILES string of the molecule is COc1ccccc1[C@@H](C)NC(=O)CN1CCC[C@@H]1C(=O)O. The monoisotopic (exact) mass is 306 g/mol. The van der Waals surface area contributed by atoms with Gasteiger partial charge in [0, 0.05) is 5.56 Å². The number of carbonyl (C=O) groups excluding carboxylic acids is 1. The van der Waals surface area contributed by atoms with Crippen molar-refractivity contribution in [2.45, 2.75) is 31.8 Å². The molecule has 1 saturated heterocycles. The number of carboxylic acids is 1. The molecule has 0 aliphatic carbocycles. The standard InChI is InChI=1S/C16H22N2O4/c1-11(12-6-3-4-8-14(12)22-2)17-15(19)10-18-9-5-7-13(18)16(20)21/h3-4,6,8,11,13H,5,7,9-10H2,1-2H3,(H,17,19)(H,20,21)/t11-,13-/m1/s1. The maximum absolute atomic E-state index is 12.2. The highest BCUT2D eigenvalue weighted by molar-refractivity contribution is 5.80. The number of methoxy groups -OCH3 is 1. The third kappa shape index (κ3) is 3.76. The van der Waals surface area contributed by atoms with Crippen molar-refractivity contribution in [3.8, 4) is 5.75 Å². The predicted molar refractivity (Wildman–Crippen MR) is 81.8 cm³/mol. The predicted octanol–water partition coefficient (Wildman–Crippen LogP) is 1.42. The van der Waals surface area contributed by atoms with Crippen molar-refractivity contribution in [1.29, 1.82) is 0 Å². The molecule has 0 unspecified atom stereocenters. The van der Waals surface area contributed by atoms with Crippen molar-refractivity contribution >= 4 is 11.9 Å². The Labute approximate surface area is 130 Å². The fraction of sp³-hybridized carbons (Fsp3) is 0.500. The average Bonchev–Trinajstić information content (AvgIpc) is 2.95. The fourth-order valence-electron chi connectivity index (χ4n) is 2.87. The van der Waals surface area contributed by atoms with E-state index in [1.54, 1.807) is 12.0 Å². The zero-order valence-electron chi connectivity index (χ0n) is 12.9. The van der Waals surface area contributed by atoms with Gasteiger partial charge in [-0.2, -0.15) is 0 Å². The van der Waals surface area contributed by atoms with Crippen LogP contribution < -0.4 is 10.1 Å². The molecule has 2 N–H and O–H groups in total. The van der Waals surface area contributed by atoms with E-state index >= 15 is 0 Å². The summed E-state index contributed by atoms with van der Waals surface area (Å²) in [5.74, 6) is -0.311. The van der Waals surface area contributed by atoms with Gasteiger partial charge in [0.1, 0.15) is 11.8 Å². The number of likely N-dealkylation sites (tertiary alicyclic amines) is 1. The Morgan fingerprint density at radius 3 is 2.86 bits per heavy atom. The van der Waals surface area contributed by atoms with Crippen LogP contribution in [0.3, 0.4) is 0 Å². The third-order valence-electron chi connectivity index (χ3n) is 3.98. The van der Waals surface area contributed by atoms with Crippen LogP contribution in [0.2, 0.25) is 0 Å². The number of ether oxygens (including phenoxy) is 1. The van der Waals surface area contributed by atoms with Gasteiger partial charge in [-0.25, -0.2) is 0 Å². The minimum Gasteiger partial charge on any atom is -0.496 e. The molecule has 120 valence electrons. The molecule has 2 rings (SSSR count). The molecule has 1 fully saturated rings. The lowest BCUT2D eigenvalue weighted by Crippen LogP contribution is -2.43. The summed E-state index contributed by atoms with van der Waals surface area (Å²) in [7, 11) is 1.59. The van der Waals surface area contributed by atoms with E-state index in [-0.39, 0.29) is 18.5 Å². The Balaban J connectivity index is 1.95. The number of nitrogens with zero attached hydrogens (tertiary/aromatic N) is 1. The van der Waals surface area contributed by atoms with Gasteiger partial charge in [-0.3, -0.25) is 14.5 Å². The molecule has 0 saturated carbocycles. The van der Waals surface area contributed by atoms with E-state index in [0.29, 0.717) is 13.0 Å². The van der Waals surface area contributed by atoms with Gasteiger partial charge in [0.25, 0.3) is 0 Å². The van der Waals surface area contributed by atoms with E-state index in [4.69, 9.17) is 9.84 Å². The fourth-order valence-corrected chi connectivity index (χ4v) is 2.87. The first-order chi connectivity index (χ1) is 10.5. The van der Waals surface area contributed by atoms with Gasteiger partial charge in [0.15, 0.2) is 0 Å². The summed E-state index contributed by atoms with van der Waals surface area (Å²) >= 11 is 0. The molecule has 1 aliphatic heterocycles. The molecule has 1 aromatic carbocycles. The molecule has 6 nitrogen and oxygen atoms in total. The van der Waals surface area contributed by atoms with Crippen molar-refractivity contribution in [3.05, 3.63) is 29.8 Å². The van der Waals surface area contributed by atoms with Crippen LogP contribution in [0.1, 0.15) is 31.4 Å². The number of para-hydroxylation sites is 1. The number of aliphatic carboxylic acids is 1. The van der Waals surface area contributed by atoms with Gasteiger partial charge in [0.05, 0.1) is 19.7 Å². The third-order valence-corrected chi connectivity index (χ3v) is 3.98. The quantitative estimate of drug-likeness (QED) is 0.831. The van der Waals surface area contributed by atoms with Crippen LogP contribution in [0.25, 0.3) is 0 Å². The Kier molecular flexibility index (Phi) is 5.38. The van der Waals surface area contributed by atoms with E-state index < -0.39 is 12.0 Å². The van der Waals surface area contributed by atoms with Crippen LogP contribution in [0.5, 0.6) is 5.75 Å². The number of carboxylic acid groups (broad SMARTS) is 1. The maximum Gasteiger partial charge on any atom is 0.320 e. The van der Waals surface area contributed by atoms with Gasteiger partial charge < -0.3 is 15.2 Å². The van der Waals surface area contributed by atoms with E-state index in [1.807, 2.05) is 31.2 Å². The molecule has 0 spiro atoms. The van der Waals surface area contributed by atoms with Crippen molar-refractivity contribution < 1.29 is 19.4 Å². The summed E-state index contributed by atoms with van der Waals surface area (Å²) in [6.45, 7) is 2.64. The molecule has 1 heterocycles. The normalized spacial score (nSPS) is 19.6. The number of nitrogens with one attached hydrogen (secondary N) is 1. The summed E-state index contributed by atoms with van der Waals surface area (Å²) < 4.78 is 5.29. The Hall–Kier alpha value is -2.08. The number of hydrogen-bond donors (Lipinski definition) is 2. The molecule has 0 aromatic heterocycles. The van der Waals surface area contributed by atoms with Gasteiger partial charge in [-0.15, -0.1) is 0 Å². The van der Waals surface area contributed by atoms with Gasteiger partial charge >= 0.3 is 5.97 Å². The number of rotatable bonds is 6. The van der Waals surface area contributed by atoms with Crippen LogP contribution in [0.15, 0.2) is 24.3 Å². The highest BCUT2D eigenvalue weighted by atomic mass is 16.5. The van der Waals surface area contributed by atoms with E-state index in [9.17, 15) is 9.59 Å². The number of amides is 1. The number of benzene rings is 1. The summed E-state index contributed by atoms with van der Waals surface area (Å²) in [4.78, 5) is 25.0.